The maximum absolute atomic E-state index is 10.8. The summed E-state index contributed by atoms with van der Waals surface area (Å²) in [6.07, 6.45) is 35.4. The van der Waals surface area contributed by atoms with Crippen LogP contribution >= 0.6 is 0 Å². The van der Waals surface area contributed by atoms with Gasteiger partial charge in [0.05, 0.1) is 12.2 Å². The number of nitrogens with two attached hydrogens (primary N) is 2. The van der Waals surface area contributed by atoms with Gasteiger partial charge < -0.3 is 21.7 Å². The summed E-state index contributed by atoms with van der Waals surface area (Å²) in [5, 5.41) is 20.9. The summed E-state index contributed by atoms with van der Waals surface area (Å²) in [6.45, 7) is 2.20. The zero-order valence-electron chi connectivity index (χ0n) is 32.5. The van der Waals surface area contributed by atoms with Gasteiger partial charge in [-0.25, -0.2) is 0 Å². The van der Waals surface area contributed by atoms with Crippen molar-refractivity contribution in [3.63, 3.8) is 0 Å². The number of benzene rings is 1. The van der Waals surface area contributed by atoms with E-state index in [1.54, 1.807) is 0 Å². The fourth-order valence-electron chi connectivity index (χ4n) is 7.42. The zero-order chi connectivity index (χ0) is 36.5. The van der Waals surface area contributed by atoms with Crippen molar-refractivity contribution in [1.29, 1.82) is 0 Å². The molecule has 0 aliphatic rings. The van der Waals surface area contributed by atoms with E-state index in [0.717, 1.165) is 77.0 Å². The molecule has 6 heteroatoms. The molecule has 2 amide bonds. The van der Waals surface area contributed by atoms with E-state index in [1.165, 1.54) is 127 Å². The number of aliphatic hydroxyl groups is 2. The van der Waals surface area contributed by atoms with Crippen molar-refractivity contribution in [2.24, 2.45) is 11.5 Å². The fraction of sp³-hybridized carbons (Fsp3) is 0.818. The molecule has 0 aliphatic heterocycles. The van der Waals surface area contributed by atoms with E-state index >= 15 is 0 Å². The molecule has 290 valence electrons. The Morgan fingerprint density at radius 1 is 0.480 bits per heavy atom. The highest BCUT2D eigenvalue weighted by Gasteiger charge is 2.12. The van der Waals surface area contributed by atoms with Gasteiger partial charge >= 0.3 is 0 Å². The molecular weight excluding hydrogens is 620 g/mol. The van der Waals surface area contributed by atoms with Gasteiger partial charge in [-0.15, -0.1) is 0 Å². The first-order valence-corrected chi connectivity index (χ1v) is 21.3. The molecule has 0 aromatic heterocycles. The van der Waals surface area contributed by atoms with Crippen LogP contribution in [0.4, 0.5) is 0 Å². The first-order chi connectivity index (χ1) is 24.3. The van der Waals surface area contributed by atoms with Crippen LogP contribution in [-0.2, 0) is 9.59 Å². The molecule has 1 aromatic rings. The normalized spacial score (nSPS) is 13.3. The minimum absolute atomic E-state index is 0.141. The second-order valence-electron chi connectivity index (χ2n) is 15.6. The minimum atomic E-state index is -0.186. The van der Waals surface area contributed by atoms with Crippen molar-refractivity contribution in [1.82, 2.24) is 0 Å². The first kappa shape index (κ1) is 46.1. The van der Waals surface area contributed by atoms with Crippen molar-refractivity contribution in [3.05, 3.63) is 35.4 Å². The monoisotopic (exact) mass is 701 g/mol. The van der Waals surface area contributed by atoms with E-state index < -0.39 is 0 Å². The van der Waals surface area contributed by atoms with Gasteiger partial charge in [0.2, 0.25) is 11.8 Å². The summed E-state index contributed by atoms with van der Waals surface area (Å²) >= 11 is 0. The van der Waals surface area contributed by atoms with Crippen LogP contribution in [0.5, 0.6) is 0 Å². The lowest BCUT2D eigenvalue weighted by molar-refractivity contribution is -0.119. The maximum atomic E-state index is 10.8. The molecule has 0 fully saturated rings. The number of hydrogen-bond donors (Lipinski definition) is 4. The molecule has 1 aromatic carbocycles. The number of primary amides is 2. The van der Waals surface area contributed by atoms with E-state index in [4.69, 9.17) is 11.5 Å². The van der Waals surface area contributed by atoms with E-state index in [-0.39, 0.29) is 24.0 Å². The molecule has 0 saturated carbocycles. The molecule has 0 spiro atoms. The van der Waals surface area contributed by atoms with Crippen LogP contribution in [0.2, 0.25) is 0 Å². The van der Waals surface area contributed by atoms with E-state index in [9.17, 15) is 19.8 Å². The molecule has 0 bridgehead atoms. The molecule has 0 aliphatic carbocycles. The molecule has 0 saturated heterocycles. The highest BCUT2D eigenvalue weighted by molar-refractivity contribution is 5.73. The summed E-state index contributed by atoms with van der Waals surface area (Å²) in [7, 11) is 0. The molecule has 6 nitrogen and oxygen atoms in total. The van der Waals surface area contributed by atoms with Crippen LogP contribution in [0.3, 0.4) is 0 Å². The Morgan fingerprint density at radius 3 is 1.10 bits per heavy atom. The minimum Gasteiger partial charge on any atom is -0.393 e. The third kappa shape index (κ3) is 29.8. The quantitative estimate of drug-likeness (QED) is 0.0515. The van der Waals surface area contributed by atoms with Crippen molar-refractivity contribution in [2.45, 2.75) is 231 Å². The van der Waals surface area contributed by atoms with E-state index in [1.807, 2.05) is 0 Å². The zero-order valence-corrected chi connectivity index (χ0v) is 32.5. The van der Waals surface area contributed by atoms with Gasteiger partial charge in [-0.05, 0) is 69.8 Å². The Morgan fingerprint density at radius 2 is 0.780 bits per heavy atom. The molecule has 50 heavy (non-hydrogen) atoms. The van der Waals surface area contributed by atoms with E-state index in [0.29, 0.717) is 18.8 Å². The summed E-state index contributed by atoms with van der Waals surface area (Å²) < 4.78 is 0. The lowest BCUT2D eigenvalue weighted by Gasteiger charge is -2.18. The Labute approximate surface area is 308 Å². The third-order valence-electron chi connectivity index (χ3n) is 10.6. The molecule has 0 heterocycles. The number of unbranched alkanes of at least 4 members (excludes halogenated alkanes) is 20. The molecule has 1 rings (SSSR count). The number of amides is 2. The highest BCUT2D eigenvalue weighted by Crippen LogP contribution is 2.29. The largest absolute Gasteiger partial charge is 0.393 e. The van der Waals surface area contributed by atoms with Gasteiger partial charge in [-0.2, -0.15) is 0 Å². The van der Waals surface area contributed by atoms with Gasteiger partial charge in [0.1, 0.15) is 0 Å². The summed E-state index contributed by atoms with van der Waals surface area (Å²) in [5.41, 5.74) is 13.2. The third-order valence-corrected chi connectivity index (χ3v) is 10.6. The number of aliphatic hydroxyl groups excluding tert-OH is 2. The van der Waals surface area contributed by atoms with Crippen LogP contribution in [0, 0.1) is 6.92 Å². The molecule has 0 radical (unpaired) electrons. The number of carbonyl (C=O) groups is 2. The van der Waals surface area contributed by atoms with E-state index in [2.05, 4.69) is 31.2 Å². The number of rotatable bonds is 37. The van der Waals surface area contributed by atoms with Crippen LogP contribution in [0.15, 0.2) is 24.3 Å². The smallest absolute Gasteiger partial charge is 0.217 e. The van der Waals surface area contributed by atoms with Crippen molar-refractivity contribution in [3.8, 4) is 0 Å². The lowest BCUT2D eigenvalue weighted by Crippen LogP contribution is -2.09. The lowest BCUT2D eigenvalue weighted by atomic mass is 9.87. The highest BCUT2D eigenvalue weighted by atomic mass is 16.3. The summed E-state index contributed by atoms with van der Waals surface area (Å²) in [6, 6.07) is 9.12. The van der Waals surface area contributed by atoms with Gasteiger partial charge in [0.15, 0.2) is 0 Å². The van der Waals surface area contributed by atoms with Gasteiger partial charge in [0.25, 0.3) is 0 Å². The predicted octanol–water partition coefficient (Wildman–Crippen LogP) is 11.3. The SMILES string of the molecule is Cc1cccc(C(CCCCCCC(O)CCCCCCCCCCC(N)=O)CCCCCCC(O)CCCCCCCCCCC(N)=O)c1. The Bertz CT molecular complexity index is 886. The Kier molecular flexibility index (Phi) is 30.4. The molecular formula is C44H80N2O4. The average molecular weight is 701 g/mol. The Balaban J connectivity index is 2.08. The first-order valence-electron chi connectivity index (χ1n) is 21.3. The molecule has 2 unspecified atom stereocenters. The van der Waals surface area contributed by atoms with Gasteiger partial charge in [-0.3, -0.25) is 9.59 Å². The second kappa shape index (κ2) is 33.0. The van der Waals surface area contributed by atoms with Gasteiger partial charge in [0, 0.05) is 12.8 Å². The standard InChI is InChI=1S/C44H80N2O4/c1-38-27-26-30-40(37-38)39(28-18-14-16-22-33-41(47)31-20-10-6-2-4-8-12-24-35-43(45)49)29-19-15-17-23-34-42(48)32-21-11-7-3-5-9-13-25-36-44(46)50/h26-27,30,37,39,41-42,47-48H,2-25,28-29,31-36H2,1H3,(H2,45,49)(H2,46,50). The predicted molar refractivity (Wildman–Crippen MR) is 212 cm³/mol. The fourth-order valence-corrected chi connectivity index (χ4v) is 7.42. The van der Waals surface area contributed by atoms with Crippen LogP contribution in [-0.4, -0.2) is 34.2 Å². The second-order valence-corrected chi connectivity index (χ2v) is 15.6. The van der Waals surface area contributed by atoms with Crippen molar-refractivity contribution >= 4 is 11.8 Å². The number of aryl methyl sites for hydroxylation is 1. The van der Waals surface area contributed by atoms with Crippen LogP contribution in [0.25, 0.3) is 0 Å². The Hall–Kier alpha value is -1.92. The maximum Gasteiger partial charge on any atom is 0.217 e. The van der Waals surface area contributed by atoms with Gasteiger partial charge in [-0.1, -0.05) is 171 Å². The molecule has 2 atom stereocenters. The summed E-state index contributed by atoms with van der Waals surface area (Å²) in [4.78, 5) is 21.6. The summed E-state index contributed by atoms with van der Waals surface area (Å²) in [5.74, 6) is 0.264. The topological polar surface area (TPSA) is 127 Å². The number of hydrogen-bond acceptors (Lipinski definition) is 4. The number of carbonyl (C=O) groups excluding carboxylic acids is 2. The van der Waals surface area contributed by atoms with Crippen molar-refractivity contribution in [2.75, 3.05) is 0 Å². The van der Waals surface area contributed by atoms with Crippen molar-refractivity contribution < 1.29 is 19.8 Å². The van der Waals surface area contributed by atoms with Crippen LogP contribution in [0.1, 0.15) is 223 Å². The molecule has 6 N–H and O–H groups in total. The van der Waals surface area contributed by atoms with Crippen LogP contribution < -0.4 is 11.5 Å². The average Bonchev–Trinajstić information content (AvgIpc) is 3.08.